The normalized spacial score (nSPS) is 17.2. The van der Waals surface area contributed by atoms with Crippen LogP contribution in [-0.2, 0) is 21.2 Å². The molecule has 1 atom stereocenters. The van der Waals surface area contributed by atoms with Gasteiger partial charge in [-0.05, 0) is 41.8 Å². The van der Waals surface area contributed by atoms with Crippen LogP contribution in [0.2, 0.25) is 0 Å². The van der Waals surface area contributed by atoms with Crippen molar-refractivity contribution in [3.8, 4) is 0 Å². The van der Waals surface area contributed by atoms with Crippen molar-refractivity contribution in [3.63, 3.8) is 0 Å². The number of nitrogens with one attached hydrogen (secondary N) is 2. The lowest BCUT2D eigenvalue weighted by Crippen LogP contribution is -2.34. The predicted molar refractivity (Wildman–Crippen MR) is 94.4 cm³/mol. The highest BCUT2D eigenvalue weighted by molar-refractivity contribution is 7.91. The Labute approximate surface area is 146 Å². The Bertz CT molecular complexity index is 801. The van der Waals surface area contributed by atoms with Gasteiger partial charge in [-0.1, -0.05) is 30.3 Å². The molecule has 5 nitrogen and oxygen atoms in total. The number of rotatable bonds is 6. The molecule has 1 aliphatic carbocycles. The molecule has 2 aromatic rings. The third kappa shape index (κ3) is 4.03. The number of carbonyl (C=O) groups is 1. The number of benzene rings is 1. The minimum Gasteiger partial charge on any atom is -0.349 e. The quantitative estimate of drug-likeness (QED) is 0.827. The van der Waals surface area contributed by atoms with Gasteiger partial charge < -0.3 is 5.32 Å². The van der Waals surface area contributed by atoms with Crippen LogP contribution in [-0.4, -0.2) is 20.9 Å². The molecule has 1 aromatic carbocycles. The average molecular weight is 364 g/mol. The van der Waals surface area contributed by atoms with Crippen LogP contribution in [0.1, 0.15) is 36.4 Å². The minimum atomic E-state index is -3.51. The van der Waals surface area contributed by atoms with Gasteiger partial charge in [-0.3, -0.25) is 4.79 Å². The van der Waals surface area contributed by atoms with E-state index in [2.05, 4.69) is 22.2 Å². The van der Waals surface area contributed by atoms with Crippen molar-refractivity contribution in [3.05, 3.63) is 52.9 Å². The summed E-state index contributed by atoms with van der Waals surface area (Å²) >= 11 is 1.16. The fraction of sp³-hybridized carbons (Fsp3) is 0.353. The maximum absolute atomic E-state index is 12.2. The fourth-order valence-electron chi connectivity index (χ4n) is 2.96. The lowest BCUT2D eigenvalue weighted by molar-refractivity contribution is -0.121. The predicted octanol–water partition coefficient (Wildman–Crippen LogP) is 2.61. The van der Waals surface area contributed by atoms with E-state index in [1.165, 1.54) is 11.1 Å². The molecule has 3 rings (SSSR count). The molecule has 1 amide bonds. The molecule has 7 heteroatoms. The Balaban J connectivity index is 1.52. The van der Waals surface area contributed by atoms with Gasteiger partial charge in [0, 0.05) is 13.0 Å². The molecule has 1 unspecified atom stereocenters. The largest absolute Gasteiger partial charge is 0.349 e. The van der Waals surface area contributed by atoms with Crippen molar-refractivity contribution in [2.75, 3.05) is 6.54 Å². The van der Waals surface area contributed by atoms with Gasteiger partial charge in [0.15, 0.2) is 0 Å². The van der Waals surface area contributed by atoms with Gasteiger partial charge in [-0.15, -0.1) is 11.3 Å². The number of amides is 1. The van der Waals surface area contributed by atoms with Crippen molar-refractivity contribution in [2.24, 2.45) is 0 Å². The minimum absolute atomic E-state index is 0.0244. The molecule has 0 spiro atoms. The van der Waals surface area contributed by atoms with E-state index in [1.54, 1.807) is 17.5 Å². The second-order valence-corrected chi connectivity index (χ2v) is 8.73. The zero-order valence-electron chi connectivity index (χ0n) is 13.2. The summed E-state index contributed by atoms with van der Waals surface area (Å²) < 4.78 is 26.7. The first kappa shape index (κ1) is 17.1. The number of aryl methyl sites for hydroxylation is 1. The molecule has 0 aliphatic heterocycles. The molecule has 1 aromatic heterocycles. The summed E-state index contributed by atoms with van der Waals surface area (Å²) in [6, 6.07) is 11.4. The van der Waals surface area contributed by atoms with Crippen LogP contribution in [0.3, 0.4) is 0 Å². The lowest BCUT2D eigenvalue weighted by Gasteiger charge is -2.26. The van der Waals surface area contributed by atoms with Crippen LogP contribution in [0.4, 0.5) is 0 Å². The molecule has 24 heavy (non-hydrogen) atoms. The Morgan fingerprint density at radius 2 is 2.04 bits per heavy atom. The van der Waals surface area contributed by atoms with Crippen LogP contribution in [0.5, 0.6) is 0 Å². The zero-order valence-corrected chi connectivity index (χ0v) is 14.8. The topological polar surface area (TPSA) is 75.3 Å². The van der Waals surface area contributed by atoms with E-state index in [9.17, 15) is 13.2 Å². The molecule has 2 N–H and O–H groups in total. The number of hydrogen-bond donors (Lipinski definition) is 2. The number of carbonyl (C=O) groups excluding carboxylic acids is 1. The average Bonchev–Trinajstić information content (AvgIpc) is 3.10. The summed E-state index contributed by atoms with van der Waals surface area (Å²) in [5.74, 6) is -0.134. The first-order valence-corrected chi connectivity index (χ1v) is 10.3. The highest BCUT2D eigenvalue weighted by Crippen LogP contribution is 2.29. The maximum atomic E-state index is 12.2. The molecule has 0 saturated heterocycles. The van der Waals surface area contributed by atoms with Crippen molar-refractivity contribution in [1.82, 2.24) is 10.0 Å². The van der Waals surface area contributed by atoms with E-state index in [1.807, 2.05) is 12.1 Å². The lowest BCUT2D eigenvalue weighted by atomic mass is 9.88. The van der Waals surface area contributed by atoms with E-state index in [0.29, 0.717) is 0 Å². The molecule has 1 aliphatic rings. The second kappa shape index (κ2) is 7.46. The van der Waals surface area contributed by atoms with Gasteiger partial charge in [0.1, 0.15) is 4.21 Å². The number of thiophene rings is 1. The number of hydrogen-bond acceptors (Lipinski definition) is 4. The highest BCUT2D eigenvalue weighted by Gasteiger charge is 2.21. The van der Waals surface area contributed by atoms with Crippen LogP contribution < -0.4 is 10.0 Å². The molecule has 0 saturated carbocycles. The second-order valence-electron chi connectivity index (χ2n) is 5.79. The third-order valence-corrected chi connectivity index (χ3v) is 6.97. The van der Waals surface area contributed by atoms with Crippen molar-refractivity contribution < 1.29 is 13.2 Å². The zero-order chi connectivity index (χ0) is 17.0. The fourth-order valence-corrected chi connectivity index (χ4v) is 5.03. The van der Waals surface area contributed by atoms with Crippen molar-refractivity contribution >= 4 is 27.3 Å². The molecule has 0 fully saturated rings. The van der Waals surface area contributed by atoms with Gasteiger partial charge >= 0.3 is 0 Å². The number of sulfonamides is 1. The Kier molecular flexibility index (Phi) is 5.33. The third-order valence-electron chi connectivity index (χ3n) is 4.11. The Morgan fingerprint density at radius 3 is 2.83 bits per heavy atom. The van der Waals surface area contributed by atoms with Gasteiger partial charge in [0.05, 0.1) is 6.04 Å². The molecule has 0 radical (unpaired) electrons. The van der Waals surface area contributed by atoms with Gasteiger partial charge in [0.25, 0.3) is 0 Å². The Morgan fingerprint density at radius 1 is 1.21 bits per heavy atom. The molecule has 1 heterocycles. The molecule has 0 bridgehead atoms. The monoisotopic (exact) mass is 364 g/mol. The maximum Gasteiger partial charge on any atom is 0.250 e. The summed E-state index contributed by atoms with van der Waals surface area (Å²) in [5, 5.41) is 4.74. The summed E-state index contributed by atoms with van der Waals surface area (Å²) in [6.07, 6.45) is 3.14. The summed E-state index contributed by atoms with van der Waals surface area (Å²) in [7, 11) is -3.51. The van der Waals surface area contributed by atoms with Crippen LogP contribution in [0.25, 0.3) is 0 Å². The van der Waals surface area contributed by atoms with Crippen molar-refractivity contribution in [1.29, 1.82) is 0 Å². The van der Waals surface area contributed by atoms with Gasteiger partial charge in [0.2, 0.25) is 15.9 Å². The summed E-state index contributed by atoms with van der Waals surface area (Å²) in [5.41, 5.74) is 2.46. The molecular weight excluding hydrogens is 344 g/mol. The summed E-state index contributed by atoms with van der Waals surface area (Å²) in [6.45, 7) is 0.0977. The van der Waals surface area contributed by atoms with E-state index in [-0.39, 0.29) is 29.1 Å². The van der Waals surface area contributed by atoms with Gasteiger partial charge in [-0.25, -0.2) is 13.1 Å². The van der Waals surface area contributed by atoms with Crippen LogP contribution in [0.15, 0.2) is 46.0 Å². The standard InChI is InChI=1S/C17H20N2O3S2/c20-16(10-11-18-24(21,22)17-9-4-12-23-17)19-15-8-3-6-13-5-1-2-7-14(13)15/h1-2,4-5,7,9,12,15,18H,3,6,8,10-11H2,(H,19,20). The summed E-state index contributed by atoms with van der Waals surface area (Å²) in [4.78, 5) is 12.2. The van der Waals surface area contributed by atoms with E-state index < -0.39 is 10.0 Å². The highest BCUT2D eigenvalue weighted by atomic mass is 32.2. The van der Waals surface area contributed by atoms with Crippen LogP contribution in [0, 0.1) is 0 Å². The van der Waals surface area contributed by atoms with Crippen LogP contribution >= 0.6 is 11.3 Å². The van der Waals surface area contributed by atoms with Crippen molar-refractivity contribution in [2.45, 2.75) is 35.9 Å². The van der Waals surface area contributed by atoms with E-state index in [0.717, 1.165) is 30.6 Å². The number of fused-ring (bicyclic) bond motifs is 1. The first-order chi connectivity index (χ1) is 11.6. The smallest absolute Gasteiger partial charge is 0.250 e. The molecular formula is C17H20N2O3S2. The Hall–Kier alpha value is -1.70. The first-order valence-electron chi connectivity index (χ1n) is 7.96. The van der Waals surface area contributed by atoms with E-state index >= 15 is 0 Å². The van der Waals surface area contributed by atoms with E-state index in [4.69, 9.17) is 0 Å². The SMILES string of the molecule is O=C(CCNS(=O)(=O)c1cccs1)NC1CCCc2ccccc21. The molecule has 128 valence electrons. The van der Waals surface area contributed by atoms with Gasteiger partial charge in [-0.2, -0.15) is 0 Å².